The highest BCUT2D eigenvalue weighted by molar-refractivity contribution is 6.03. The van der Waals surface area contributed by atoms with Crippen molar-refractivity contribution < 1.29 is 9.53 Å². The molecule has 4 nitrogen and oxygen atoms in total. The van der Waals surface area contributed by atoms with E-state index in [0.29, 0.717) is 18.1 Å². The number of hydrogen-bond donors (Lipinski definition) is 0. The second kappa shape index (κ2) is 3.49. The predicted molar refractivity (Wildman–Crippen MR) is 45.8 cm³/mol. The third-order valence-corrected chi connectivity index (χ3v) is 1.38. The van der Waals surface area contributed by atoms with E-state index in [-0.39, 0.29) is 5.97 Å². The van der Waals surface area contributed by atoms with Crippen molar-refractivity contribution in [3.05, 3.63) is 11.8 Å². The molecule has 0 aromatic heterocycles. The van der Waals surface area contributed by atoms with Crippen molar-refractivity contribution in [2.45, 2.75) is 6.92 Å². The average molecular weight is 168 g/mol. The molecule has 0 saturated heterocycles. The van der Waals surface area contributed by atoms with Crippen molar-refractivity contribution in [1.29, 1.82) is 0 Å². The quantitative estimate of drug-likeness (QED) is 0.443. The highest BCUT2D eigenvalue weighted by atomic mass is 16.6. The lowest BCUT2D eigenvalue weighted by atomic mass is 10.4. The van der Waals surface area contributed by atoms with E-state index in [0.717, 1.165) is 0 Å². The van der Waals surface area contributed by atoms with Gasteiger partial charge in [-0.15, -0.1) is 0 Å². The number of esters is 1. The van der Waals surface area contributed by atoms with Crippen LogP contribution in [0.5, 0.6) is 0 Å². The summed E-state index contributed by atoms with van der Waals surface area (Å²) in [7, 11) is 3.85. The Labute approximate surface area is 71.5 Å². The summed E-state index contributed by atoms with van der Waals surface area (Å²) >= 11 is 0. The Bertz CT molecular complexity index is 254. The molecule has 12 heavy (non-hydrogen) atoms. The van der Waals surface area contributed by atoms with Gasteiger partial charge in [0.25, 0.3) is 0 Å². The largest absolute Gasteiger partial charge is 0.407 e. The Morgan fingerprint density at radius 3 is 2.67 bits per heavy atom. The lowest BCUT2D eigenvalue weighted by molar-refractivity contribution is -0.130. The van der Waals surface area contributed by atoms with Crippen molar-refractivity contribution in [3.63, 3.8) is 0 Å². The second-order valence-electron chi connectivity index (χ2n) is 2.87. The van der Waals surface area contributed by atoms with Crippen molar-refractivity contribution in [2.75, 3.05) is 20.6 Å². The third kappa shape index (κ3) is 2.17. The molecule has 0 amide bonds. The summed E-state index contributed by atoms with van der Waals surface area (Å²) in [6.07, 6.45) is 1.75. The molecule has 0 unspecified atom stereocenters. The maximum absolute atomic E-state index is 11.0. The van der Waals surface area contributed by atoms with Crippen LogP contribution in [0, 0.1) is 0 Å². The van der Waals surface area contributed by atoms with E-state index in [1.54, 1.807) is 13.0 Å². The molecular weight excluding hydrogens is 156 g/mol. The molecule has 1 heterocycles. The van der Waals surface area contributed by atoms with Crippen LogP contribution in [-0.2, 0) is 9.53 Å². The molecule has 0 aromatic carbocycles. The summed E-state index contributed by atoms with van der Waals surface area (Å²) in [5.41, 5.74) is 0.404. The molecule has 66 valence electrons. The highest BCUT2D eigenvalue weighted by Crippen LogP contribution is 2.09. The Hall–Kier alpha value is -1.16. The van der Waals surface area contributed by atoms with Gasteiger partial charge in [0.2, 0.25) is 0 Å². The molecule has 0 radical (unpaired) electrons. The predicted octanol–water partition coefficient (Wildman–Crippen LogP) is 0.407. The van der Waals surface area contributed by atoms with E-state index in [1.807, 2.05) is 19.0 Å². The van der Waals surface area contributed by atoms with Crippen LogP contribution < -0.4 is 0 Å². The first kappa shape index (κ1) is 8.93. The van der Waals surface area contributed by atoms with Crippen molar-refractivity contribution in [2.24, 2.45) is 4.99 Å². The second-order valence-corrected chi connectivity index (χ2v) is 2.87. The van der Waals surface area contributed by atoms with Gasteiger partial charge in [0.15, 0.2) is 5.90 Å². The number of hydrogen-bond acceptors (Lipinski definition) is 4. The summed E-state index contributed by atoms with van der Waals surface area (Å²) in [6.45, 7) is 2.36. The molecule has 1 aliphatic rings. The lowest BCUT2D eigenvalue weighted by Gasteiger charge is -2.03. The van der Waals surface area contributed by atoms with Gasteiger partial charge >= 0.3 is 5.97 Å². The maximum atomic E-state index is 11.0. The van der Waals surface area contributed by atoms with Gasteiger partial charge in [0.05, 0.1) is 0 Å². The SMILES string of the molecule is CC1=N/C(=C\CN(C)C)C(=O)O1. The van der Waals surface area contributed by atoms with Gasteiger partial charge in [0.1, 0.15) is 5.70 Å². The Morgan fingerprint density at radius 1 is 1.58 bits per heavy atom. The van der Waals surface area contributed by atoms with Gasteiger partial charge in [-0.3, -0.25) is 0 Å². The molecule has 0 N–H and O–H groups in total. The zero-order valence-corrected chi connectivity index (χ0v) is 7.50. The van der Waals surface area contributed by atoms with Gasteiger partial charge < -0.3 is 9.64 Å². The van der Waals surface area contributed by atoms with E-state index >= 15 is 0 Å². The molecule has 0 bridgehead atoms. The zero-order chi connectivity index (χ0) is 9.14. The van der Waals surface area contributed by atoms with Crippen LogP contribution in [0.3, 0.4) is 0 Å². The molecule has 0 aliphatic carbocycles. The average Bonchev–Trinajstić information content (AvgIpc) is 2.26. The minimum atomic E-state index is -0.352. The fraction of sp³-hybridized carbons (Fsp3) is 0.500. The minimum absolute atomic E-state index is 0.352. The monoisotopic (exact) mass is 168 g/mol. The maximum Gasteiger partial charge on any atom is 0.363 e. The van der Waals surface area contributed by atoms with Crippen LogP contribution in [-0.4, -0.2) is 37.4 Å². The summed E-state index contributed by atoms with van der Waals surface area (Å²) in [6, 6.07) is 0. The summed E-state index contributed by atoms with van der Waals surface area (Å²) < 4.78 is 4.73. The van der Waals surface area contributed by atoms with E-state index in [1.165, 1.54) is 0 Å². The number of aliphatic imine (C=N–C) groups is 1. The van der Waals surface area contributed by atoms with Crippen LogP contribution in [0.15, 0.2) is 16.8 Å². The van der Waals surface area contributed by atoms with Crippen LogP contribution in [0.25, 0.3) is 0 Å². The molecule has 0 atom stereocenters. The molecule has 1 rings (SSSR count). The fourth-order valence-corrected chi connectivity index (χ4v) is 0.823. The fourth-order valence-electron chi connectivity index (χ4n) is 0.823. The van der Waals surface area contributed by atoms with Gasteiger partial charge in [-0.05, 0) is 20.2 Å². The normalized spacial score (nSPS) is 20.2. The van der Waals surface area contributed by atoms with Gasteiger partial charge in [-0.25, -0.2) is 9.79 Å². The van der Waals surface area contributed by atoms with Crippen LogP contribution >= 0.6 is 0 Å². The van der Waals surface area contributed by atoms with Crippen molar-refractivity contribution in [1.82, 2.24) is 4.90 Å². The van der Waals surface area contributed by atoms with Crippen LogP contribution in [0.2, 0.25) is 0 Å². The molecule has 0 fully saturated rings. The van der Waals surface area contributed by atoms with E-state index in [9.17, 15) is 4.79 Å². The molecule has 1 aliphatic heterocycles. The lowest BCUT2D eigenvalue weighted by Crippen LogP contribution is -2.12. The Morgan fingerprint density at radius 2 is 2.25 bits per heavy atom. The third-order valence-electron chi connectivity index (χ3n) is 1.38. The number of carbonyl (C=O) groups excluding carboxylic acids is 1. The van der Waals surface area contributed by atoms with Gasteiger partial charge in [-0.1, -0.05) is 0 Å². The first-order valence-electron chi connectivity index (χ1n) is 3.72. The standard InChI is InChI=1S/C8H12N2O2/c1-6-9-7(8(11)12-6)4-5-10(2)3/h4H,5H2,1-3H3/b7-4-. The van der Waals surface area contributed by atoms with E-state index < -0.39 is 0 Å². The molecule has 0 spiro atoms. The van der Waals surface area contributed by atoms with Crippen molar-refractivity contribution in [3.8, 4) is 0 Å². The number of nitrogens with zero attached hydrogens (tertiary/aromatic N) is 2. The zero-order valence-electron chi connectivity index (χ0n) is 7.50. The first-order valence-corrected chi connectivity index (χ1v) is 3.72. The topological polar surface area (TPSA) is 41.9 Å². The van der Waals surface area contributed by atoms with E-state index in [2.05, 4.69) is 4.99 Å². The van der Waals surface area contributed by atoms with Gasteiger partial charge in [-0.2, -0.15) is 0 Å². The number of cyclic esters (lactones) is 1. The summed E-state index contributed by atoms with van der Waals surface area (Å²) in [5.74, 6) is 0.0688. The Kier molecular flexibility index (Phi) is 2.60. The summed E-state index contributed by atoms with van der Waals surface area (Å²) in [4.78, 5) is 16.8. The number of rotatable bonds is 2. The van der Waals surface area contributed by atoms with Crippen molar-refractivity contribution >= 4 is 11.9 Å². The molecular formula is C8H12N2O2. The van der Waals surface area contributed by atoms with Crippen LogP contribution in [0.4, 0.5) is 0 Å². The minimum Gasteiger partial charge on any atom is -0.407 e. The van der Waals surface area contributed by atoms with Crippen LogP contribution in [0.1, 0.15) is 6.92 Å². The highest BCUT2D eigenvalue weighted by Gasteiger charge is 2.18. The number of ether oxygens (including phenoxy) is 1. The molecule has 0 saturated carbocycles. The van der Waals surface area contributed by atoms with E-state index in [4.69, 9.17) is 4.74 Å². The first-order chi connectivity index (χ1) is 5.59. The molecule has 4 heteroatoms. The molecule has 0 aromatic rings. The summed E-state index contributed by atoms with van der Waals surface area (Å²) in [5, 5.41) is 0. The Balaban J connectivity index is 2.63. The smallest absolute Gasteiger partial charge is 0.363 e. The number of carbonyl (C=O) groups is 1. The number of likely N-dealkylation sites (N-methyl/N-ethyl adjacent to an activating group) is 1. The van der Waals surface area contributed by atoms with Gasteiger partial charge in [0, 0.05) is 13.5 Å².